The van der Waals surface area contributed by atoms with E-state index in [4.69, 9.17) is 0 Å². The van der Waals surface area contributed by atoms with Gasteiger partial charge in [0.1, 0.15) is 11.4 Å². The number of aromatic nitrogens is 4. The molecule has 0 unspecified atom stereocenters. The molecule has 6 nitrogen and oxygen atoms in total. The van der Waals surface area contributed by atoms with E-state index in [0.29, 0.717) is 5.82 Å². The molecule has 1 aromatic carbocycles. The molecule has 3 N–H and O–H groups in total. The Morgan fingerprint density at radius 1 is 1.25 bits per heavy atom. The lowest BCUT2D eigenvalue weighted by molar-refractivity contribution is 0.454. The number of aromatic amines is 2. The average molecular weight is 272 g/mol. The molecule has 3 aromatic rings. The standard InChI is InChI=1S/C13H9FN4O2/c14-8-3-1-2-7(6-8)9-12(19)17-11(18-13(9)20)10-15-4-5-16-10/h1-6H,(H,15,16)(H2,17,18,19,20). The Bertz CT molecular complexity index is 811. The van der Waals surface area contributed by atoms with E-state index < -0.39 is 17.3 Å². The van der Waals surface area contributed by atoms with Gasteiger partial charge in [-0.05, 0) is 17.7 Å². The van der Waals surface area contributed by atoms with Crippen LogP contribution in [0.4, 0.5) is 4.39 Å². The number of H-pyrrole nitrogens is 2. The lowest BCUT2D eigenvalue weighted by Crippen LogP contribution is -2.12. The Balaban J connectivity index is 2.17. The van der Waals surface area contributed by atoms with Crippen molar-refractivity contribution >= 4 is 0 Å². The van der Waals surface area contributed by atoms with Crippen LogP contribution in [0.25, 0.3) is 22.8 Å². The third kappa shape index (κ3) is 2.05. The molecule has 0 aliphatic heterocycles. The topological polar surface area (TPSA) is 94.7 Å². The predicted molar refractivity (Wildman–Crippen MR) is 69.5 cm³/mol. The van der Waals surface area contributed by atoms with Gasteiger partial charge < -0.3 is 15.1 Å². The number of benzene rings is 1. The van der Waals surface area contributed by atoms with Crippen molar-refractivity contribution in [1.82, 2.24) is 19.9 Å². The monoisotopic (exact) mass is 272 g/mol. The van der Waals surface area contributed by atoms with Gasteiger partial charge in [-0.1, -0.05) is 12.1 Å². The number of nitrogens with one attached hydrogen (secondary N) is 2. The molecule has 2 aromatic heterocycles. The van der Waals surface area contributed by atoms with Gasteiger partial charge in [-0.15, -0.1) is 0 Å². The van der Waals surface area contributed by atoms with Crippen LogP contribution in [0.2, 0.25) is 0 Å². The number of rotatable bonds is 2. The van der Waals surface area contributed by atoms with Crippen molar-refractivity contribution in [3.05, 3.63) is 52.8 Å². The highest BCUT2D eigenvalue weighted by Gasteiger charge is 2.15. The fourth-order valence-electron chi connectivity index (χ4n) is 1.87. The zero-order valence-electron chi connectivity index (χ0n) is 10.1. The van der Waals surface area contributed by atoms with Crippen LogP contribution in [0.5, 0.6) is 5.88 Å². The van der Waals surface area contributed by atoms with Crippen molar-refractivity contribution in [2.45, 2.75) is 0 Å². The zero-order chi connectivity index (χ0) is 14.1. The van der Waals surface area contributed by atoms with Gasteiger partial charge in [-0.2, -0.15) is 4.98 Å². The van der Waals surface area contributed by atoms with E-state index in [0.717, 1.165) is 6.07 Å². The zero-order valence-corrected chi connectivity index (χ0v) is 10.1. The molecule has 7 heteroatoms. The van der Waals surface area contributed by atoms with Crippen LogP contribution in [0.3, 0.4) is 0 Å². The van der Waals surface area contributed by atoms with E-state index in [9.17, 15) is 14.3 Å². The van der Waals surface area contributed by atoms with Gasteiger partial charge in [-0.3, -0.25) is 4.79 Å². The Morgan fingerprint density at radius 3 is 2.75 bits per heavy atom. The second-order valence-electron chi connectivity index (χ2n) is 4.06. The smallest absolute Gasteiger partial charge is 0.263 e. The number of hydrogen-bond donors (Lipinski definition) is 3. The summed E-state index contributed by atoms with van der Waals surface area (Å²) < 4.78 is 13.2. The average Bonchev–Trinajstić information content (AvgIpc) is 2.91. The van der Waals surface area contributed by atoms with Crippen LogP contribution in [-0.4, -0.2) is 25.0 Å². The highest BCUT2D eigenvalue weighted by atomic mass is 19.1. The van der Waals surface area contributed by atoms with Gasteiger partial charge in [0.2, 0.25) is 5.88 Å². The summed E-state index contributed by atoms with van der Waals surface area (Å²) in [5, 5.41) is 9.92. The summed E-state index contributed by atoms with van der Waals surface area (Å²) in [6.07, 6.45) is 3.06. The van der Waals surface area contributed by atoms with Crippen molar-refractivity contribution in [3.63, 3.8) is 0 Å². The van der Waals surface area contributed by atoms with Crippen LogP contribution >= 0.6 is 0 Å². The van der Waals surface area contributed by atoms with E-state index in [1.165, 1.54) is 24.4 Å². The molecule has 100 valence electrons. The van der Waals surface area contributed by atoms with E-state index in [1.807, 2.05) is 0 Å². The Labute approximate surface area is 112 Å². The first-order chi connectivity index (χ1) is 9.65. The van der Waals surface area contributed by atoms with Crippen LogP contribution in [0.15, 0.2) is 41.5 Å². The van der Waals surface area contributed by atoms with Crippen LogP contribution < -0.4 is 5.56 Å². The van der Waals surface area contributed by atoms with Gasteiger partial charge in [0.25, 0.3) is 5.56 Å². The molecule has 0 bridgehead atoms. The maximum Gasteiger partial charge on any atom is 0.263 e. The van der Waals surface area contributed by atoms with Gasteiger partial charge in [-0.25, -0.2) is 9.37 Å². The molecule has 0 fully saturated rings. The van der Waals surface area contributed by atoms with Crippen molar-refractivity contribution in [1.29, 1.82) is 0 Å². The number of halogens is 1. The SMILES string of the molecule is O=c1[nH]c(-c2ncc[nH]2)nc(O)c1-c1cccc(F)c1. The molecule has 20 heavy (non-hydrogen) atoms. The van der Waals surface area contributed by atoms with Gasteiger partial charge >= 0.3 is 0 Å². The summed E-state index contributed by atoms with van der Waals surface area (Å²) in [5.74, 6) is -0.553. The molecule has 0 atom stereocenters. The molecular weight excluding hydrogens is 263 g/mol. The second kappa shape index (κ2) is 4.61. The van der Waals surface area contributed by atoms with Crippen molar-refractivity contribution < 1.29 is 9.50 Å². The molecule has 2 heterocycles. The van der Waals surface area contributed by atoms with Crippen molar-refractivity contribution in [2.75, 3.05) is 0 Å². The Morgan fingerprint density at radius 2 is 2.10 bits per heavy atom. The molecular formula is C13H9FN4O2. The highest BCUT2D eigenvalue weighted by molar-refractivity contribution is 5.68. The van der Waals surface area contributed by atoms with E-state index in [-0.39, 0.29) is 17.0 Å². The first-order valence-corrected chi connectivity index (χ1v) is 5.74. The quantitative estimate of drug-likeness (QED) is 0.661. The van der Waals surface area contributed by atoms with Crippen LogP contribution in [0, 0.1) is 5.82 Å². The largest absolute Gasteiger partial charge is 0.493 e. The Hall–Kier alpha value is -2.96. The maximum absolute atomic E-state index is 13.2. The number of aromatic hydroxyl groups is 1. The minimum absolute atomic E-state index is 0.0835. The first kappa shape index (κ1) is 12.1. The summed E-state index contributed by atoms with van der Waals surface area (Å²) in [4.78, 5) is 25.1. The maximum atomic E-state index is 13.2. The van der Waals surface area contributed by atoms with Gasteiger partial charge in [0.15, 0.2) is 11.6 Å². The Kier molecular flexibility index (Phi) is 2.79. The van der Waals surface area contributed by atoms with Crippen LogP contribution in [0.1, 0.15) is 0 Å². The number of nitrogens with zero attached hydrogens (tertiary/aromatic N) is 2. The fraction of sp³-hybridized carbons (Fsp3) is 0. The minimum Gasteiger partial charge on any atom is -0.493 e. The molecule has 0 aliphatic carbocycles. The summed E-state index contributed by atoms with van der Waals surface area (Å²) in [5.41, 5.74) is -0.406. The van der Waals surface area contributed by atoms with E-state index in [1.54, 1.807) is 6.20 Å². The summed E-state index contributed by atoms with van der Waals surface area (Å²) in [6.45, 7) is 0. The summed E-state index contributed by atoms with van der Waals surface area (Å²) in [6, 6.07) is 5.36. The summed E-state index contributed by atoms with van der Waals surface area (Å²) >= 11 is 0. The normalized spacial score (nSPS) is 10.7. The van der Waals surface area contributed by atoms with E-state index >= 15 is 0 Å². The lowest BCUT2D eigenvalue weighted by Gasteiger charge is -2.05. The first-order valence-electron chi connectivity index (χ1n) is 5.74. The molecule has 3 rings (SSSR count). The number of imidazole rings is 1. The second-order valence-corrected chi connectivity index (χ2v) is 4.06. The van der Waals surface area contributed by atoms with Gasteiger partial charge in [0.05, 0.1) is 0 Å². The fourth-order valence-corrected chi connectivity index (χ4v) is 1.87. The third-order valence-corrected chi connectivity index (χ3v) is 2.74. The minimum atomic E-state index is -0.575. The molecule has 0 amide bonds. The molecule has 0 radical (unpaired) electrons. The number of hydrogen-bond acceptors (Lipinski definition) is 4. The molecule has 0 saturated heterocycles. The predicted octanol–water partition coefficient (Wildman–Crippen LogP) is 1.67. The molecule has 0 aliphatic rings. The van der Waals surface area contributed by atoms with Gasteiger partial charge in [0, 0.05) is 12.4 Å². The van der Waals surface area contributed by atoms with Crippen molar-refractivity contribution in [2.24, 2.45) is 0 Å². The highest BCUT2D eigenvalue weighted by Crippen LogP contribution is 2.25. The molecule has 0 saturated carbocycles. The molecule has 0 spiro atoms. The van der Waals surface area contributed by atoms with Crippen LogP contribution in [-0.2, 0) is 0 Å². The third-order valence-electron chi connectivity index (χ3n) is 2.74. The summed E-state index contributed by atoms with van der Waals surface area (Å²) in [7, 11) is 0. The lowest BCUT2D eigenvalue weighted by atomic mass is 10.1. The van der Waals surface area contributed by atoms with E-state index in [2.05, 4.69) is 19.9 Å². The van der Waals surface area contributed by atoms with Crippen molar-refractivity contribution in [3.8, 4) is 28.7 Å².